The maximum absolute atomic E-state index is 12.6. The highest BCUT2D eigenvalue weighted by atomic mass is 16.5. The molecule has 0 radical (unpaired) electrons. The van der Waals surface area contributed by atoms with Gasteiger partial charge in [0.2, 0.25) is 0 Å². The molecule has 2 amide bonds. The van der Waals surface area contributed by atoms with E-state index in [9.17, 15) is 9.59 Å². The summed E-state index contributed by atoms with van der Waals surface area (Å²) in [5.41, 5.74) is 1.60. The molecule has 1 heterocycles. The molecular weight excluding hydrogens is 382 g/mol. The SMILES string of the molecule is COc1ccc(OC(C)C(=O)NCc2ccc(C(=O)N3CCN(C)CC3)cc2)cc1. The van der Waals surface area contributed by atoms with Crippen molar-refractivity contribution in [2.24, 2.45) is 0 Å². The Morgan fingerprint density at radius 1 is 0.967 bits per heavy atom. The van der Waals surface area contributed by atoms with E-state index in [4.69, 9.17) is 9.47 Å². The Bertz CT molecular complexity index is 844. The summed E-state index contributed by atoms with van der Waals surface area (Å²) in [6.07, 6.45) is -0.628. The topological polar surface area (TPSA) is 71.1 Å². The zero-order chi connectivity index (χ0) is 21.5. The molecule has 30 heavy (non-hydrogen) atoms. The van der Waals surface area contributed by atoms with Crippen LogP contribution < -0.4 is 14.8 Å². The monoisotopic (exact) mass is 411 g/mol. The van der Waals surface area contributed by atoms with Crippen LogP contribution in [0.4, 0.5) is 0 Å². The van der Waals surface area contributed by atoms with Crippen molar-refractivity contribution in [3.05, 3.63) is 59.7 Å². The van der Waals surface area contributed by atoms with Crippen molar-refractivity contribution >= 4 is 11.8 Å². The van der Waals surface area contributed by atoms with Crippen LogP contribution in [0.3, 0.4) is 0 Å². The van der Waals surface area contributed by atoms with Gasteiger partial charge in [-0.15, -0.1) is 0 Å². The van der Waals surface area contributed by atoms with E-state index in [1.165, 1.54) is 0 Å². The lowest BCUT2D eigenvalue weighted by Gasteiger charge is -2.32. The molecule has 7 nitrogen and oxygen atoms in total. The van der Waals surface area contributed by atoms with Crippen molar-refractivity contribution in [3.63, 3.8) is 0 Å². The van der Waals surface area contributed by atoms with Gasteiger partial charge in [-0.1, -0.05) is 12.1 Å². The standard InChI is InChI=1S/C23H29N3O4/c1-17(30-21-10-8-20(29-3)9-11-21)22(27)24-16-18-4-6-19(7-5-18)23(28)26-14-12-25(2)13-15-26/h4-11,17H,12-16H2,1-3H3,(H,24,27). The molecule has 1 aliphatic rings. The van der Waals surface area contributed by atoms with Crippen LogP contribution in [-0.2, 0) is 11.3 Å². The molecule has 1 aliphatic heterocycles. The number of methoxy groups -OCH3 is 1. The summed E-state index contributed by atoms with van der Waals surface area (Å²) in [6.45, 7) is 5.37. The van der Waals surface area contributed by atoms with Gasteiger partial charge in [-0.25, -0.2) is 0 Å². The van der Waals surface area contributed by atoms with Crippen LogP contribution >= 0.6 is 0 Å². The minimum atomic E-state index is -0.628. The van der Waals surface area contributed by atoms with Crippen molar-refractivity contribution in [1.82, 2.24) is 15.1 Å². The minimum absolute atomic E-state index is 0.0557. The normalized spacial score (nSPS) is 15.4. The van der Waals surface area contributed by atoms with Crippen LogP contribution in [0.1, 0.15) is 22.8 Å². The van der Waals surface area contributed by atoms with Gasteiger partial charge in [0.05, 0.1) is 7.11 Å². The van der Waals surface area contributed by atoms with Gasteiger partial charge in [0.1, 0.15) is 11.5 Å². The lowest BCUT2D eigenvalue weighted by Crippen LogP contribution is -2.47. The molecule has 2 aromatic carbocycles. The molecule has 160 valence electrons. The van der Waals surface area contributed by atoms with Crippen LogP contribution in [0.2, 0.25) is 0 Å². The summed E-state index contributed by atoms with van der Waals surface area (Å²) in [5, 5.41) is 2.87. The molecule has 0 spiro atoms. The summed E-state index contributed by atoms with van der Waals surface area (Å²) in [7, 11) is 3.66. The van der Waals surface area contributed by atoms with Gasteiger partial charge in [0, 0.05) is 38.3 Å². The molecule has 3 rings (SSSR count). The van der Waals surface area contributed by atoms with Gasteiger partial charge >= 0.3 is 0 Å². The Kier molecular flexibility index (Phi) is 7.30. The third-order valence-corrected chi connectivity index (χ3v) is 5.20. The van der Waals surface area contributed by atoms with Crippen molar-refractivity contribution in [2.45, 2.75) is 19.6 Å². The Morgan fingerprint density at radius 3 is 2.17 bits per heavy atom. The van der Waals surface area contributed by atoms with E-state index in [0.29, 0.717) is 17.9 Å². The molecule has 2 aromatic rings. The highest BCUT2D eigenvalue weighted by Gasteiger charge is 2.20. The number of nitrogens with one attached hydrogen (secondary N) is 1. The molecule has 0 bridgehead atoms. The number of likely N-dealkylation sites (N-methyl/N-ethyl adjacent to an activating group) is 1. The number of rotatable bonds is 7. The lowest BCUT2D eigenvalue weighted by molar-refractivity contribution is -0.127. The fourth-order valence-electron chi connectivity index (χ4n) is 3.20. The van der Waals surface area contributed by atoms with Crippen LogP contribution in [-0.4, -0.2) is 68.1 Å². The number of carbonyl (C=O) groups is 2. The predicted octanol–water partition coefficient (Wildman–Crippen LogP) is 2.17. The first kappa shape index (κ1) is 21.6. The number of ether oxygens (including phenoxy) is 2. The Balaban J connectivity index is 1.47. The number of nitrogens with zero attached hydrogens (tertiary/aromatic N) is 2. The fraction of sp³-hybridized carbons (Fsp3) is 0.391. The summed E-state index contributed by atoms with van der Waals surface area (Å²) >= 11 is 0. The maximum Gasteiger partial charge on any atom is 0.261 e. The van der Waals surface area contributed by atoms with Crippen LogP contribution in [0.5, 0.6) is 11.5 Å². The molecule has 1 unspecified atom stereocenters. The Hall–Kier alpha value is -3.06. The summed E-state index contributed by atoms with van der Waals surface area (Å²) in [5.74, 6) is 1.18. The third kappa shape index (κ3) is 5.73. The zero-order valence-corrected chi connectivity index (χ0v) is 17.8. The lowest BCUT2D eigenvalue weighted by atomic mass is 10.1. The Labute approximate surface area is 177 Å². The maximum atomic E-state index is 12.6. The van der Waals surface area contributed by atoms with Gasteiger partial charge < -0.3 is 24.6 Å². The van der Waals surface area contributed by atoms with E-state index in [1.54, 1.807) is 38.3 Å². The van der Waals surface area contributed by atoms with E-state index in [2.05, 4.69) is 17.3 Å². The second-order valence-corrected chi connectivity index (χ2v) is 7.45. The van der Waals surface area contributed by atoms with Crippen molar-refractivity contribution in [1.29, 1.82) is 0 Å². The van der Waals surface area contributed by atoms with Gasteiger partial charge in [0.15, 0.2) is 6.10 Å². The summed E-state index contributed by atoms with van der Waals surface area (Å²) < 4.78 is 10.8. The van der Waals surface area contributed by atoms with Crippen molar-refractivity contribution in [3.8, 4) is 11.5 Å². The van der Waals surface area contributed by atoms with E-state index in [1.807, 2.05) is 29.2 Å². The van der Waals surface area contributed by atoms with Gasteiger partial charge in [-0.3, -0.25) is 9.59 Å². The van der Waals surface area contributed by atoms with Gasteiger partial charge in [-0.05, 0) is 55.9 Å². The van der Waals surface area contributed by atoms with E-state index in [0.717, 1.165) is 37.5 Å². The number of benzene rings is 2. The van der Waals surface area contributed by atoms with Crippen molar-refractivity contribution in [2.75, 3.05) is 40.3 Å². The summed E-state index contributed by atoms with van der Waals surface area (Å²) in [4.78, 5) is 29.0. The minimum Gasteiger partial charge on any atom is -0.497 e. The first-order chi connectivity index (χ1) is 14.5. The number of carbonyl (C=O) groups excluding carboxylic acids is 2. The smallest absolute Gasteiger partial charge is 0.261 e. The zero-order valence-electron chi connectivity index (χ0n) is 17.8. The van der Waals surface area contributed by atoms with E-state index < -0.39 is 6.10 Å². The second-order valence-electron chi connectivity index (χ2n) is 7.45. The van der Waals surface area contributed by atoms with Crippen LogP contribution in [0.25, 0.3) is 0 Å². The first-order valence-corrected chi connectivity index (χ1v) is 10.1. The average molecular weight is 412 g/mol. The first-order valence-electron chi connectivity index (χ1n) is 10.1. The Morgan fingerprint density at radius 2 is 1.57 bits per heavy atom. The number of piperazine rings is 1. The quantitative estimate of drug-likeness (QED) is 0.756. The molecule has 1 fully saturated rings. The van der Waals surface area contributed by atoms with E-state index >= 15 is 0 Å². The van der Waals surface area contributed by atoms with Crippen molar-refractivity contribution < 1.29 is 19.1 Å². The predicted molar refractivity (Wildman–Crippen MR) is 115 cm³/mol. The number of hydrogen-bond acceptors (Lipinski definition) is 5. The molecular formula is C23H29N3O4. The highest BCUT2D eigenvalue weighted by molar-refractivity contribution is 5.94. The van der Waals surface area contributed by atoms with Crippen LogP contribution in [0.15, 0.2) is 48.5 Å². The van der Waals surface area contributed by atoms with Gasteiger partial charge in [0.25, 0.3) is 11.8 Å². The van der Waals surface area contributed by atoms with Crippen LogP contribution in [0, 0.1) is 0 Å². The summed E-state index contributed by atoms with van der Waals surface area (Å²) in [6, 6.07) is 14.5. The third-order valence-electron chi connectivity index (χ3n) is 5.20. The highest BCUT2D eigenvalue weighted by Crippen LogP contribution is 2.18. The molecule has 1 saturated heterocycles. The number of hydrogen-bond donors (Lipinski definition) is 1. The van der Waals surface area contributed by atoms with Gasteiger partial charge in [-0.2, -0.15) is 0 Å². The number of amides is 2. The van der Waals surface area contributed by atoms with E-state index in [-0.39, 0.29) is 11.8 Å². The molecule has 7 heteroatoms. The molecule has 0 saturated carbocycles. The fourth-order valence-corrected chi connectivity index (χ4v) is 3.20. The molecule has 1 atom stereocenters. The average Bonchev–Trinajstić information content (AvgIpc) is 2.78. The molecule has 0 aliphatic carbocycles. The second kappa shape index (κ2) is 10.1. The molecule has 1 N–H and O–H groups in total. The largest absolute Gasteiger partial charge is 0.497 e. The molecule has 0 aromatic heterocycles.